The Hall–Kier alpha value is -1.70. The quantitative estimate of drug-likeness (QED) is 0.907. The van der Waals surface area contributed by atoms with Crippen LogP contribution in [0.15, 0.2) is 34.4 Å². The number of carbonyl (C=O) groups is 1. The molecule has 3 heterocycles. The Morgan fingerprint density at radius 3 is 2.81 bits per heavy atom. The summed E-state index contributed by atoms with van der Waals surface area (Å²) < 4.78 is 5.36. The molecule has 2 aromatic heterocycles. The van der Waals surface area contributed by atoms with E-state index in [-0.39, 0.29) is 5.91 Å². The van der Waals surface area contributed by atoms with Gasteiger partial charge in [0.2, 0.25) is 5.91 Å². The third kappa shape index (κ3) is 4.13. The van der Waals surface area contributed by atoms with Gasteiger partial charge in [0.25, 0.3) is 0 Å². The molecule has 1 N–H and O–H groups in total. The number of aromatic nitrogens is 1. The molecule has 21 heavy (non-hydrogen) atoms. The smallest absolute Gasteiger partial charge is 0.240 e. The highest BCUT2D eigenvalue weighted by molar-refractivity contribution is 7.13. The van der Waals surface area contributed by atoms with Gasteiger partial charge in [-0.3, -0.25) is 14.6 Å². The van der Waals surface area contributed by atoms with Gasteiger partial charge in [-0.25, -0.2) is 4.98 Å². The van der Waals surface area contributed by atoms with E-state index < -0.39 is 0 Å². The van der Waals surface area contributed by atoms with E-state index in [0.29, 0.717) is 11.7 Å². The van der Waals surface area contributed by atoms with Crippen LogP contribution >= 0.6 is 11.3 Å². The first-order valence-corrected chi connectivity index (χ1v) is 7.84. The summed E-state index contributed by atoms with van der Waals surface area (Å²) in [6, 6.07) is 3.91. The van der Waals surface area contributed by atoms with Crippen LogP contribution in [-0.2, 0) is 11.3 Å². The monoisotopic (exact) mass is 306 g/mol. The number of carbonyl (C=O) groups excluding carboxylic acids is 1. The Labute approximate surface area is 127 Å². The van der Waals surface area contributed by atoms with Crippen molar-refractivity contribution >= 4 is 22.4 Å². The van der Waals surface area contributed by atoms with Crippen LogP contribution in [0, 0.1) is 0 Å². The number of piperazine rings is 1. The van der Waals surface area contributed by atoms with Crippen LogP contribution < -0.4 is 5.32 Å². The number of rotatable bonds is 5. The fourth-order valence-electron chi connectivity index (χ4n) is 2.38. The van der Waals surface area contributed by atoms with E-state index in [1.165, 1.54) is 11.3 Å². The van der Waals surface area contributed by atoms with Gasteiger partial charge in [0, 0.05) is 37.8 Å². The van der Waals surface area contributed by atoms with E-state index in [4.69, 9.17) is 4.42 Å². The highest BCUT2D eigenvalue weighted by atomic mass is 32.1. The van der Waals surface area contributed by atoms with E-state index in [1.807, 2.05) is 17.5 Å². The van der Waals surface area contributed by atoms with Gasteiger partial charge < -0.3 is 9.73 Å². The number of hydrogen-bond donors (Lipinski definition) is 1. The summed E-state index contributed by atoms with van der Waals surface area (Å²) >= 11 is 1.44. The predicted molar refractivity (Wildman–Crippen MR) is 81.2 cm³/mol. The molecule has 0 spiro atoms. The van der Waals surface area contributed by atoms with Crippen molar-refractivity contribution in [3.63, 3.8) is 0 Å². The molecule has 2 aromatic rings. The third-order valence-corrected chi connectivity index (χ3v) is 4.16. The maximum Gasteiger partial charge on any atom is 0.240 e. The van der Waals surface area contributed by atoms with Crippen LogP contribution in [0.4, 0.5) is 5.13 Å². The van der Waals surface area contributed by atoms with Crippen LogP contribution in [0.3, 0.4) is 0 Å². The average Bonchev–Trinajstić information content (AvgIpc) is 3.14. The van der Waals surface area contributed by atoms with Crippen LogP contribution in [0.25, 0.3) is 0 Å². The third-order valence-electron chi connectivity index (χ3n) is 3.47. The number of anilines is 1. The van der Waals surface area contributed by atoms with E-state index in [1.54, 1.807) is 12.5 Å². The van der Waals surface area contributed by atoms with Crippen molar-refractivity contribution < 1.29 is 9.21 Å². The first-order valence-electron chi connectivity index (χ1n) is 6.96. The van der Waals surface area contributed by atoms with E-state index in [9.17, 15) is 4.79 Å². The molecule has 0 bridgehead atoms. The van der Waals surface area contributed by atoms with Crippen molar-refractivity contribution in [3.8, 4) is 0 Å². The molecule has 1 amide bonds. The lowest BCUT2D eigenvalue weighted by Gasteiger charge is -2.33. The van der Waals surface area contributed by atoms with Crippen molar-refractivity contribution in [1.82, 2.24) is 14.8 Å². The summed E-state index contributed by atoms with van der Waals surface area (Å²) in [5.74, 6) is 0.995. The Morgan fingerprint density at radius 2 is 2.14 bits per heavy atom. The van der Waals surface area contributed by atoms with Gasteiger partial charge >= 0.3 is 0 Å². The summed E-state index contributed by atoms with van der Waals surface area (Å²) in [7, 11) is 0. The molecule has 0 radical (unpaired) electrons. The lowest BCUT2D eigenvalue weighted by Crippen LogP contribution is -2.48. The zero-order valence-electron chi connectivity index (χ0n) is 11.7. The van der Waals surface area contributed by atoms with Crippen LogP contribution in [-0.4, -0.2) is 53.4 Å². The second kappa shape index (κ2) is 6.84. The number of hydrogen-bond acceptors (Lipinski definition) is 6. The molecule has 0 atom stereocenters. The summed E-state index contributed by atoms with van der Waals surface area (Å²) in [5.41, 5.74) is 0. The van der Waals surface area contributed by atoms with Gasteiger partial charge in [0.15, 0.2) is 5.13 Å². The van der Waals surface area contributed by atoms with Crippen LogP contribution in [0.1, 0.15) is 5.76 Å². The molecule has 7 heteroatoms. The first-order chi connectivity index (χ1) is 10.3. The van der Waals surface area contributed by atoms with Crippen LogP contribution in [0.2, 0.25) is 0 Å². The largest absolute Gasteiger partial charge is 0.468 e. The van der Waals surface area contributed by atoms with Crippen molar-refractivity contribution in [3.05, 3.63) is 35.7 Å². The topological polar surface area (TPSA) is 61.6 Å². The van der Waals surface area contributed by atoms with Crippen molar-refractivity contribution in [1.29, 1.82) is 0 Å². The highest BCUT2D eigenvalue weighted by Crippen LogP contribution is 2.11. The molecule has 6 nitrogen and oxygen atoms in total. The van der Waals surface area contributed by atoms with Gasteiger partial charge in [-0.05, 0) is 12.1 Å². The minimum atomic E-state index is 0.00411. The number of thiazole rings is 1. The van der Waals surface area contributed by atoms with Gasteiger partial charge in [-0.15, -0.1) is 11.3 Å². The van der Waals surface area contributed by atoms with Gasteiger partial charge in [-0.2, -0.15) is 0 Å². The molecular formula is C14H18N4O2S. The molecule has 1 saturated heterocycles. The summed E-state index contributed by atoms with van der Waals surface area (Å²) in [6.07, 6.45) is 3.39. The molecule has 0 saturated carbocycles. The Morgan fingerprint density at radius 1 is 1.33 bits per heavy atom. The lowest BCUT2D eigenvalue weighted by atomic mass is 10.3. The molecular weight excluding hydrogens is 288 g/mol. The fraction of sp³-hybridized carbons (Fsp3) is 0.429. The minimum absolute atomic E-state index is 0.00411. The Kier molecular flexibility index (Phi) is 4.64. The van der Waals surface area contributed by atoms with E-state index >= 15 is 0 Å². The Balaban J connectivity index is 1.40. The SMILES string of the molecule is O=C(CN1CCN(Cc2ccco2)CC1)Nc1nccs1. The number of amides is 1. The van der Waals surface area contributed by atoms with Gasteiger partial charge in [0.1, 0.15) is 5.76 Å². The second-order valence-electron chi connectivity index (χ2n) is 5.02. The first kappa shape index (κ1) is 14.2. The summed E-state index contributed by atoms with van der Waals surface area (Å²) in [4.78, 5) is 20.5. The van der Waals surface area contributed by atoms with Gasteiger partial charge in [0.05, 0.1) is 19.4 Å². The van der Waals surface area contributed by atoms with Gasteiger partial charge in [-0.1, -0.05) is 0 Å². The predicted octanol–water partition coefficient (Wildman–Crippen LogP) is 1.49. The summed E-state index contributed by atoms with van der Waals surface area (Å²) in [5, 5.41) is 5.33. The zero-order chi connectivity index (χ0) is 14.5. The van der Waals surface area contributed by atoms with E-state index in [2.05, 4.69) is 20.1 Å². The highest BCUT2D eigenvalue weighted by Gasteiger charge is 2.19. The average molecular weight is 306 g/mol. The number of furan rings is 1. The molecule has 1 fully saturated rings. The second-order valence-corrected chi connectivity index (χ2v) is 5.91. The zero-order valence-corrected chi connectivity index (χ0v) is 12.5. The molecule has 0 unspecified atom stereocenters. The fourth-order valence-corrected chi connectivity index (χ4v) is 2.92. The molecule has 3 rings (SSSR count). The standard InChI is InChI=1S/C14H18N4O2S/c19-13(16-14-15-3-9-21-14)11-18-6-4-17(5-7-18)10-12-2-1-8-20-12/h1-3,8-9H,4-7,10-11H2,(H,15,16,19). The molecule has 1 aliphatic heterocycles. The molecule has 0 aromatic carbocycles. The van der Waals surface area contributed by atoms with E-state index in [0.717, 1.165) is 38.5 Å². The lowest BCUT2D eigenvalue weighted by molar-refractivity contribution is -0.117. The minimum Gasteiger partial charge on any atom is -0.468 e. The maximum absolute atomic E-state index is 11.9. The van der Waals surface area contributed by atoms with Crippen molar-refractivity contribution in [2.45, 2.75) is 6.54 Å². The maximum atomic E-state index is 11.9. The number of nitrogens with one attached hydrogen (secondary N) is 1. The summed E-state index contributed by atoms with van der Waals surface area (Å²) in [6.45, 7) is 4.95. The number of nitrogens with zero attached hydrogens (tertiary/aromatic N) is 3. The Bertz CT molecular complexity index is 548. The normalized spacial score (nSPS) is 17.0. The molecule has 112 valence electrons. The van der Waals surface area contributed by atoms with Crippen LogP contribution in [0.5, 0.6) is 0 Å². The van der Waals surface area contributed by atoms with Crippen molar-refractivity contribution in [2.75, 3.05) is 38.0 Å². The molecule has 0 aliphatic carbocycles. The van der Waals surface area contributed by atoms with Crippen molar-refractivity contribution in [2.24, 2.45) is 0 Å². The molecule has 1 aliphatic rings.